The molecule has 1 aliphatic heterocycles. The molecule has 2 aromatic carbocycles. The first-order valence-corrected chi connectivity index (χ1v) is 17.4. The van der Waals surface area contributed by atoms with E-state index in [-0.39, 0.29) is 26.5 Å². The van der Waals surface area contributed by atoms with Gasteiger partial charge in [-0.1, -0.05) is 23.2 Å². The fourth-order valence-electron chi connectivity index (χ4n) is 4.01. The smallest absolute Gasteiger partial charge is 0.432 e. The SMILES string of the molecule is CC(=O)N1CCc2cc(N(CP(=O)(OCOC(=O)OC(C)C)OCOC(=O)OC(C)C)S(=O)(=O)c3cc(Cl)cc(Cl)c3)ccc21. The predicted molar refractivity (Wildman–Crippen MR) is 164 cm³/mol. The number of halogens is 2. The van der Waals surface area contributed by atoms with Gasteiger partial charge in [0, 0.05) is 29.2 Å². The van der Waals surface area contributed by atoms with Crippen LogP contribution in [0.3, 0.4) is 0 Å². The fourth-order valence-corrected chi connectivity index (χ4v) is 8.04. The van der Waals surface area contributed by atoms with Crippen LogP contribution in [-0.2, 0) is 53.8 Å². The molecule has 0 bridgehead atoms. The summed E-state index contributed by atoms with van der Waals surface area (Å²) in [7, 11) is -9.27. The number of amides is 1. The highest BCUT2D eigenvalue weighted by molar-refractivity contribution is 7.93. The molecule has 1 heterocycles. The number of carbonyl (C=O) groups excluding carboxylic acids is 3. The molecule has 1 amide bonds. The summed E-state index contributed by atoms with van der Waals surface area (Å²) in [5.74, 6) is -0.196. The van der Waals surface area contributed by atoms with Crippen LogP contribution in [-0.4, -0.2) is 65.3 Å². The summed E-state index contributed by atoms with van der Waals surface area (Å²) in [6, 6.07) is 8.08. The summed E-state index contributed by atoms with van der Waals surface area (Å²) in [6.07, 6.45) is -3.96. The normalized spacial score (nSPS) is 13.0. The lowest BCUT2D eigenvalue weighted by Gasteiger charge is -2.29. The minimum atomic E-state index is -4.66. The van der Waals surface area contributed by atoms with Crippen LogP contribution in [0.4, 0.5) is 21.0 Å². The zero-order chi connectivity index (χ0) is 33.5. The molecule has 0 aliphatic carbocycles. The summed E-state index contributed by atoms with van der Waals surface area (Å²) in [5, 5.41) is 0.0220. The van der Waals surface area contributed by atoms with Crippen LogP contribution in [0.25, 0.3) is 0 Å². The van der Waals surface area contributed by atoms with E-state index in [1.807, 2.05) is 0 Å². The molecule has 2 aromatic rings. The van der Waals surface area contributed by atoms with Crippen LogP contribution in [0.15, 0.2) is 41.3 Å². The van der Waals surface area contributed by atoms with Gasteiger partial charge in [0.15, 0.2) is 0 Å². The van der Waals surface area contributed by atoms with Gasteiger partial charge in [0.05, 0.1) is 22.8 Å². The molecule has 3 rings (SSSR count). The number of hydrogen-bond donors (Lipinski definition) is 0. The first-order valence-electron chi connectivity index (χ1n) is 13.5. The van der Waals surface area contributed by atoms with E-state index in [0.29, 0.717) is 24.2 Å². The minimum Gasteiger partial charge on any atom is -0.432 e. The predicted octanol–water partition coefficient (Wildman–Crippen LogP) is 6.32. The van der Waals surface area contributed by atoms with Gasteiger partial charge in [0.2, 0.25) is 19.5 Å². The van der Waals surface area contributed by atoms with Crippen molar-refractivity contribution < 1.29 is 55.4 Å². The second-order valence-corrected chi connectivity index (χ2v) is 14.8. The molecule has 0 saturated heterocycles. The number of fused-ring (bicyclic) bond motifs is 1. The number of sulfonamides is 1. The maximum absolute atomic E-state index is 14.1. The lowest BCUT2D eigenvalue weighted by Crippen LogP contribution is -2.33. The number of carbonyl (C=O) groups is 3. The molecular weight excluding hydrogens is 678 g/mol. The molecule has 0 aromatic heterocycles. The molecule has 0 radical (unpaired) electrons. The summed E-state index contributed by atoms with van der Waals surface area (Å²) in [5.41, 5.74) is 1.24. The Kier molecular flexibility index (Phi) is 12.5. The van der Waals surface area contributed by atoms with Gasteiger partial charge in [-0.3, -0.25) is 22.7 Å². The molecule has 248 valence electrons. The van der Waals surface area contributed by atoms with E-state index in [1.54, 1.807) is 33.8 Å². The molecular formula is C27H33Cl2N2O12PS. The largest absolute Gasteiger partial charge is 0.510 e. The van der Waals surface area contributed by atoms with Crippen LogP contribution >= 0.6 is 30.8 Å². The van der Waals surface area contributed by atoms with Gasteiger partial charge in [-0.05, 0) is 76.1 Å². The first kappa shape index (κ1) is 36.4. The Morgan fingerprint density at radius 3 is 1.93 bits per heavy atom. The van der Waals surface area contributed by atoms with E-state index >= 15 is 0 Å². The molecule has 0 unspecified atom stereocenters. The summed E-state index contributed by atoms with van der Waals surface area (Å²) in [6.45, 7) is 6.11. The maximum atomic E-state index is 14.1. The zero-order valence-corrected chi connectivity index (χ0v) is 28.3. The van der Waals surface area contributed by atoms with Crippen molar-refractivity contribution in [2.24, 2.45) is 0 Å². The van der Waals surface area contributed by atoms with E-state index in [0.717, 1.165) is 16.4 Å². The molecule has 0 atom stereocenters. The Morgan fingerprint density at radius 1 is 0.911 bits per heavy atom. The van der Waals surface area contributed by atoms with Crippen molar-refractivity contribution in [3.8, 4) is 0 Å². The van der Waals surface area contributed by atoms with Crippen LogP contribution in [0.2, 0.25) is 10.0 Å². The number of hydrogen-bond acceptors (Lipinski definition) is 12. The van der Waals surface area contributed by atoms with Crippen molar-refractivity contribution in [2.45, 2.75) is 58.1 Å². The molecule has 0 saturated carbocycles. The Bertz CT molecular complexity index is 1520. The van der Waals surface area contributed by atoms with Crippen molar-refractivity contribution in [3.63, 3.8) is 0 Å². The number of anilines is 2. The highest BCUT2D eigenvalue weighted by Gasteiger charge is 2.37. The van der Waals surface area contributed by atoms with Gasteiger partial charge in [0.25, 0.3) is 10.0 Å². The average Bonchev–Trinajstić information content (AvgIpc) is 3.34. The van der Waals surface area contributed by atoms with Gasteiger partial charge < -0.3 is 23.8 Å². The summed E-state index contributed by atoms with van der Waals surface area (Å²) >= 11 is 12.2. The Labute approximate surface area is 270 Å². The molecule has 14 nitrogen and oxygen atoms in total. The Balaban J connectivity index is 2.03. The quantitative estimate of drug-likeness (QED) is 0.129. The van der Waals surface area contributed by atoms with Gasteiger partial charge in [-0.25, -0.2) is 18.0 Å². The van der Waals surface area contributed by atoms with Crippen molar-refractivity contribution >= 4 is 70.4 Å². The van der Waals surface area contributed by atoms with E-state index < -0.39 is 62.0 Å². The number of nitrogens with zero attached hydrogens (tertiary/aromatic N) is 2. The Morgan fingerprint density at radius 2 is 1.44 bits per heavy atom. The molecule has 0 N–H and O–H groups in total. The number of ether oxygens (including phenoxy) is 4. The van der Waals surface area contributed by atoms with Crippen molar-refractivity contribution in [3.05, 3.63) is 52.0 Å². The van der Waals surface area contributed by atoms with E-state index in [4.69, 9.17) is 51.2 Å². The standard InChI is InChI=1S/C27H33Cl2N2O12PS/c1-17(2)42-26(33)38-15-40-44(35,41-16-39-27(34)43-18(3)4)14-31(45(36,37)24-12-21(28)11-22(29)13-24)23-6-7-25-20(10-23)8-9-30(25)19(5)32/h6-7,10-13,17-18H,8-9,14-16H2,1-5H3. The molecule has 45 heavy (non-hydrogen) atoms. The number of rotatable bonds is 13. The third-order valence-corrected chi connectivity index (χ3v) is 9.87. The van der Waals surface area contributed by atoms with E-state index in [1.165, 1.54) is 30.0 Å². The molecule has 18 heteroatoms. The summed E-state index contributed by atoms with van der Waals surface area (Å²) in [4.78, 5) is 37.0. The third-order valence-electron chi connectivity index (χ3n) is 5.87. The molecule has 0 spiro atoms. The topological polar surface area (TPSA) is 164 Å². The van der Waals surface area contributed by atoms with Crippen LogP contribution in [0, 0.1) is 0 Å². The van der Waals surface area contributed by atoms with Gasteiger partial charge in [-0.15, -0.1) is 0 Å². The minimum absolute atomic E-state index is 0.0110. The second-order valence-electron chi connectivity index (χ2n) is 10.1. The fraction of sp³-hybridized carbons (Fsp3) is 0.444. The summed E-state index contributed by atoms with van der Waals surface area (Å²) < 4.78 is 72.9. The lowest BCUT2D eigenvalue weighted by atomic mass is 10.1. The number of benzene rings is 2. The average molecular weight is 712 g/mol. The van der Waals surface area contributed by atoms with Crippen molar-refractivity contribution in [1.82, 2.24) is 0 Å². The van der Waals surface area contributed by atoms with E-state index in [9.17, 15) is 27.4 Å². The zero-order valence-electron chi connectivity index (χ0n) is 25.1. The van der Waals surface area contributed by atoms with Crippen LogP contribution in [0.5, 0.6) is 0 Å². The molecule has 1 aliphatic rings. The maximum Gasteiger partial charge on any atom is 0.510 e. The van der Waals surface area contributed by atoms with Crippen LogP contribution < -0.4 is 9.21 Å². The Hall–Kier alpha value is -3.07. The third kappa shape index (κ3) is 10.2. The highest BCUT2D eigenvalue weighted by atomic mass is 35.5. The van der Waals surface area contributed by atoms with E-state index in [2.05, 4.69) is 0 Å². The molecule has 0 fully saturated rings. The first-order chi connectivity index (χ1) is 21.0. The second kappa shape index (κ2) is 15.5. The van der Waals surface area contributed by atoms with Gasteiger partial charge in [-0.2, -0.15) is 0 Å². The lowest BCUT2D eigenvalue weighted by molar-refractivity contribution is -0.116. The van der Waals surface area contributed by atoms with Crippen molar-refractivity contribution in [1.29, 1.82) is 0 Å². The van der Waals surface area contributed by atoms with Crippen molar-refractivity contribution in [2.75, 3.05) is 35.6 Å². The van der Waals surface area contributed by atoms with Gasteiger partial charge in [0.1, 0.15) is 6.29 Å². The highest BCUT2D eigenvalue weighted by Crippen LogP contribution is 2.51. The monoisotopic (exact) mass is 710 g/mol. The van der Waals surface area contributed by atoms with Gasteiger partial charge >= 0.3 is 19.9 Å². The van der Waals surface area contributed by atoms with Crippen LogP contribution in [0.1, 0.15) is 40.2 Å².